The first-order valence-corrected chi connectivity index (χ1v) is 10.0. The average Bonchev–Trinajstić information content (AvgIpc) is 3.11. The van der Waals surface area contributed by atoms with Crippen LogP contribution in [0.5, 0.6) is 11.5 Å². The summed E-state index contributed by atoms with van der Waals surface area (Å²) in [4.78, 5) is 12.3. The van der Waals surface area contributed by atoms with E-state index in [1.165, 1.54) is 6.21 Å². The summed E-state index contributed by atoms with van der Waals surface area (Å²) in [6.45, 7) is 2.48. The average molecular weight is 523 g/mol. The van der Waals surface area contributed by atoms with Crippen LogP contribution in [0.15, 0.2) is 45.9 Å². The fourth-order valence-electron chi connectivity index (χ4n) is 2.53. The van der Waals surface area contributed by atoms with Crippen molar-refractivity contribution in [1.29, 1.82) is 0 Å². The monoisotopic (exact) mass is 522 g/mol. The molecule has 0 unspecified atom stereocenters. The number of nitrogens with zero attached hydrogens (tertiary/aromatic N) is 1. The molecule has 0 aliphatic heterocycles. The topological polar surface area (TPSA) is 73.1 Å². The van der Waals surface area contributed by atoms with Crippen LogP contribution in [0.3, 0.4) is 0 Å². The molecule has 0 bridgehead atoms. The van der Waals surface area contributed by atoms with E-state index in [-0.39, 0.29) is 12.4 Å². The molecule has 148 valence electrons. The Labute approximate surface area is 186 Å². The Morgan fingerprint density at radius 3 is 2.93 bits per heavy atom. The lowest BCUT2D eigenvalue weighted by atomic mass is 10.2. The van der Waals surface area contributed by atoms with Gasteiger partial charge in [0, 0.05) is 10.4 Å². The van der Waals surface area contributed by atoms with Crippen LogP contribution in [0.4, 0.5) is 0 Å². The van der Waals surface area contributed by atoms with Crippen LogP contribution < -0.4 is 14.9 Å². The lowest BCUT2D eigenvalue weighted by Crippen LogP contribution is -2.16. The SMILES string of the molecule is C#CCOc1c(I)cc(/C=N/NC(=O)c2cc3cc(Cl)ccc3o2)cc1OCC. The summed E-state index contributed by atoms with van der Waals surface area (Å²) in [5, 5.41) is 5.31. The van der Waals surface area contributed by atoms with Gasteiger partial charge in [0.2, 0.25) is 0 Å². The largest absolute Gasteiger partial charge is 0.490 e. The van der Waals surface area contributed by atoms with E-state index in [9.17, 15) is 4.79 Å². The number of hydrazone groups is 1. The number of amides is 1. The van der Waals surface area contributed by atoms with Crippen LogP contribution in [0.25, 0.3) is 11.0 Å². The Kier molecular flexibility index (Phi) is 7.01. The highest BCUT2D eigenvalue weighted by molar-refractivity contribution is 14.1. The molecule has 29 heavy (non-hydrogen) atoms. The molecule has 1 aromatic heterocycles. The van der Waals surface area contributed by atoms with Gasteiger partial charge in [-0.2, -0.15) is 5.10 Å². The second-order valence-electron chi connectivity index (χ2n) is 5.75. The molecule has 1 N–H and O–H groups in total. The summed E-state index contributed by atoms with van der Waals surface area (Å²) in [6, 6.07) is 10.3. The van der Waals surface area contributed by atoms with Gasteiger partial charge in [-0.25, -0.2) is 5.43 Å². The number of hydrogen-bond donors (Lipinski definition) is 1. The van der Waals surface area contributed by atoms with E-state index < -0.39 is 5.91 Å². The van der Waals surface area contributed by atoms with E-state index in [0.717, 1.165) is 14.5 Å². The van der Waals surface area contributed by atoms with Gasteiger partial charge in [0.25, 0.3) is 0 Å². The number of halogens is 2. The van der Waals surface area contributed by atoms with E-state index >= 15 is 0 Å². The van der Waals surface area contributed by atoms with Gasteiger partial charge in [0.1, 0.15) is 12.2 Å². The predicted octanol–water partition coefficient (Wildman–Crippen LogP) is 4.87. The molecule has 3 rings (SSSR count). The van der Waals surface area contributed by atoms with Crippen molar-refractivity contribution >= 4 is 57.3 Å². The van der Waals surface area contributed by atoms with Crippen LogP contribution in [0.1, 0.15) is 23.0 Å². The molecule has 0 fully saturated rings. The minimum Gasteiger partial charge on any atom is -0.490 e. The van der Waals surface area contributed by atoms with Gasteiger partial charge in [-0.15, -0.1) is 6.42 Å². The van der Waals surface area contributed by atoms with Gasteiger partial charge >= 0.3 is 5.91 Å². The summed E-state index contributed by atoms with van der Waals surface area (Å²) in [7, 11) is 0. The van der Waals surface area contributed by atoms with Gasteiger partial charge in [0.05, 0.1) is 16.4 Å². The second kappa shape index (κ2) is 9.67. The molecule has 3 aromatic rings. The first-order chi connectivity index (χ1) is 14.0. The van der Waals surface area contributed by atoms with E-state index in [1.807, 2.05) is 13.0 Å². The zero-order chi connectivity index (χ0) is 20.8. The predicted molar refractivity (Wildman–Crippen MR) is 121 cm³/mol. The van der Waals surface area contributed by atoms with Crippen molar-refractivity contribution in [1.82, 2.24) is 5.43 Å². The fraction of sp³-hybridized carbons (Fsp3) is 0.143. The van der Waals surface area contributed by atoms with Gasteiger partial charge < -0.3 is 13.9 Å². The van der Waals surface area contributed by atoms with E-state index in [2.05, 4.69) is 39.0 Å². The number of carbonyl (C=O) groups is 1. The minimum atomic E-state index is -0.470. The zero-order valence-electron chi connectivity index (χ0n) is 15.4. The Morgan fingerprint density at radius 1 is 1.34 bits per heavy atom. The van der Waals surface area contributed by atoms with Crippen molar-refractivity contribution < 1.29 is 18.7 Å². The van der Waals surface area contributed by atoms with Gasteiger partial charge in [-0.05, 0) is 71.5 Å². The highest BCUT2D eigenvalue weighted by Crippen LogP contribution is 2.33. The second-order valence-corrected chi connectivity index (χ2v) is 7.35. The molecule has 0 radical (unpaired) electrons. The maximum atomic E-state index is 12.3. The molecule has 8 heteroatoms. The number of hydrogen-bond acceptors (Lipinski definition) is 5. The van der Waals surface area contributed by atoms with Crippen LogP contribution in [-0.2, 0) is 0 Å². The normalized spacial score (nSPS) is 10.8. The summed E-state index contributed by atoms with van der Waals surface area (Å²) in [5.74, 6) is 3.23. The molecule has 1 heterocycles. The molecule has 0 aliphatic carbocycles. The van der Waals surface area contributed by atoms with Crippen LogP contribution >= 0.6 is 34.2 Å². The molecule has 0 atom stereocenters. The van der Waals surface area contributed by atoms with Crippen LogP contribution in [-0.4, -0.2) is 25.3 Å². The highest BCUT2D eigenvalue weighted by atomic mass is 127. The molecule has 0 aliphatic rings. The van der Waals surface area contributed by atoms with E-state index in [4.69, 9.17) is 31.9 Å². The third-order valence-corrected chi connectivity index (χ3v) is 4.75. The van der Waals surface area contributed by atoms with Crippen molar-refractivity contribution in [3.8, 4) is 23.8 Å². The van der Waals surface area contributed by atoms with Crippen LogP contribution in [0.2, 0.25) is 5.02 Å². The highest BCUT2D eigenvalue weighted by Gasteiger charge is 2.13. The quantitative estimate of drug-likeness (QED) is 0.208. The number of benzene rings is 2. The van der Waals surface area contributed by atoms with Crippen molar-refractivity contribution in [3.05, 3.63) is 56.3 Å². The summed E-state index contributed by atoms with van der Waals surface area (Å²) >= 11 is 8.08. The third-order valence-electron chi connectivity index (χ3n) is 3.71. The first-order valence-electron chi connectivity index (χ1n) is 8.57. The van der Waals surface area contributed by atoms with E-state index in [0.29, 0.717) is 28.7 Å². The first kappa shape index (κ1) is 21.0. The minimum absolute atomic E-state index is 0.141. The lowest BCUT2D eigenvalue weighted by Gasteiger charge is -2.13. The van der Waals surface area contributed by atoms with Gasteiger partial charge in [0.15, 0.2) is 17.3 Å². The lowest BCUT2D eigenvalue weighted by molar-refractivity contribution is 0.0929. The summed E-state index contributed by atoms with van der Waals surface area (Å²) < 4.78 is 17.5. The smallest absolute Gasteiger partial charge is 0.307 e. The molecule has 2 aromatic carbocycles. The van der Waals surface area contributed by atoms with E-state index in [1.54, 1.807) is 30.3 Å². The molecule has 1 amide bonds. The zero-order valence-corrected chi connectivity index (χ0v) is 18.3. The van der Waals surface area contributed by atoms with Crippen molar-refractivity contribution in [2.24, 2.45) is 5.10 Å². The van der Waals surface area contributed by atoms with Gasteiger partial charge in [-0.3, -0.25) is 4.79 Å². The Hall–Kier alpha value is -2.70. The molecule has 0 saturated heterocycles. The third kappa shape index (κ3) is 5.22. The Bertz CT molecular complexity index is 1120. The number of carbonyl (C=O) groups excluding carboxylic acids is 1. The Morgan fingerprint density at radius 2 is 2.17 bits per heavy atom. The number of rotatable bonds is 7. The number of fused-ring (bicyclic) bond motifs is 1. The summed E-state index contributed by atoms with van der Waals surface area (Å²) in [6.07, 6.45) is 6.77. The van der Waals surface area contributed by atoms with Crippen molar-refractivity contribution in [2.45, 2.75) is 6.92 Å². The molecule has 0 saturated carbocycles. The molecule has 6 nitrogen and oxygen atoms in total. The molecular weight excluding hydrogens is 507 g/mol. The number of nitrogens with one attached hydrogen (secondary N) is 1. The standard InChI is InChI=1S/C21H16ClIN2O4/c1-3-7-28-20-16(23)8-13(9-18(20)27-4-2)12-24-25-21(26)19-11-14-10-15(22)5-6-17(14)29-19/h1,5-6,8-12H,4,7H2,2H3,(H,25,26)/b24-12+. The number of terminal acetylenes is 1. The maximum Gasteiger partial charge on any atom is 0.307 e. The van der Waals surface area contributed by atoms with Crippen LogP contribution in [0, 0.1) is 15.9 Å². The van der Waals surface area contributed by atoms with Crippen molar-refractivity contribution in [3.63, 3.8) is 0 Å². The molecule has 0 spiro atoms. The Balaban J connectivity index is 1.74. The fourth-order valence-corrected chi connectivity index (χ4v) is 3.49. The number of furan rings is 1. The number of ether oxygens (including phenoxy) is 2. The van der Waals surface area contributed by atoms with Crippen molar-refractivity contribution in [2.75, 3.05) is 13.2 Å². The maximum absolute atomic E-state index is 12.3. The summed E-state index contributed by atoms with van der Waals surface area (Å²) in [5.41, 5.74) is 3.74. The molecular formula is C21H16ClIN2O4. The van der Waals surface area contributed by atoms with Gasteiger partial charge in [-0.1, -0.05) is 17.5 Å².